The first-order valence-electron chi connectivity index (χ1n) is 7.83. The van der Waals surface area contributed by atoms with Crippen LogP contribution in [0.15, 0.2) is 6.20 Å². The Bertz CT molecular complexity index is 547. The third-order valence-electron chi connectivity index (χ3n) is 4.19. The number of alkyl halides is 3. The van der Waals surface area contributed by atoms with Gasteiger partial charge in [0, 0.05) is 25.8 Å². The molecule has 23 heavy (non-hydrogen) atoms. The van der Waals surface area contributed by atoms with E-state index >= 15 is 0 Å². The number of rotatable bonds is 5. The van der Waals surface area contributed by atoms with E-state index in [-0.39, 0.29) is 6.04 Å². The summed E-state index contributed by atoms with van der Waals surface area (Å²) in [6, 6.07) is 0.132. The second-order valence-electron chi connectivity index (χ2n) is 6.33. The summed E-state index contributed by atoms with van der Waals surface area (Å²) >= 11 is 0. The second-order valence-corrected chi connectivity index (χ2v) is 6.33. The van der Waals surface area contributed by atoms with Gasteiger partial charge in [-0.1, -0.05) is 13.8 Å². The van der Waals surface area contributed by atoms with E-state index in [1.54, 1.807) is 0 Å². The first kappa shape index (κ1) is 17.8. The molecule has 0 aromatic carbocycles. The molecule has 2 rings (SSSR count). The molecule has 0 aliphatic carbocycles. The van der Waals surface area contributed by atoms with Crippen LogP contribution in [-0.4, -0.2) is 46.3 Å². The molecule has 1 aromatic heterocycles. The molecule has 1 aliphatic heterocycles. The fraction of sp³-hybridized carbons (Fsp3) is 0.733. The Morgan fingerprint density at radius 3 is 2.48 bits per heavy atom. The van der Waals surface area contributed by atoms with Crippen LogP contribution in [0.3, 0.4) is 0 Å². The third-order valence-corrected chi connectivity index (χ3v) is 4.19. The summed E-state index contributed by atoms with van der Waals surface area (Å²) in [6.45, 7) is 6.39. The minimum absolute atomic E-state index is 0.132. The van der Waals surface area contributed by atoms with Crippen LogP contribution in [0.5, 0.6) is 0 Å². The average molecular weight is 332 g/mol. The van der Waals surface area contributed by atoms with Crippen LogP contribution in [0.2, 0.25) is 0 Å². The molecule has 0 bridgehead atoms. The fourth-order valence-corrected chi connectivity index (χ4v) is 3.02. The lowest BCUT2D eigenvalue weighted by Gasteiger charge is -2.31. The lowest BCUT2D eigenvalue weighted by molar-refractivity contribution is -0.141. The van der Waals surface area contributed by atoms with Crippen LogP contribution in [0.1, 0.15) is 42.7 Å². The van der Waals surface area contributed by atoms with Crippen molar-refractivity contribution in [2.24, 2.45) is 13.0 Å². The first-order chi connectivity index (χ1) is 10.7. The largest absolute Gasteiger partial charge is 0.435 e. The molecule has 0 radical (unpaired) electrons. The van der Waals surface area contributed by atoms with Crippen molar-refractivity contribution in [3.8, 4) is 0 Å². The highest BCUT2D eigenvalue weighted by atomic mass is 19.4. The van der Waals surface area contributed by atoms with E-state index in [1.165, 1.54) is 7.05 Å². The highest BCUT2D eigenvalue weighted by Crippen LogP contribution is 2.30. The Morgan fingerprint density at radius 1 is 1.35 bits per heavy atom. The van der Waals surface area contributed by atoms with Gasteiger partial charge in [-0.2, -0.15) is 18.3 Å². The van der Waals surface area contributed by atoms with Crippen LogP contribution in [-0.2, 0) is 13.2 Å². The first-order valence-corrected chi connectivity index (χ1v) is 7.83. The molecule has 0 spiro atoms. The molecule has 1 atom stereocenters. The molecule has 130 valence electrons. The van der Waals surface area contributed by atoms with E-state index in [2.05, 4.69) is 29.2 Å². The second kappa shape index (κ2) is 6.90. The van der Waals surface area contributed by atoms with Gasteiger partial charge in [0.1, 0.15) is 0 Å². The minimum Gasteiger partial charge on any atom is -0.350 e. The monoisotopic (exact) mass is 332 g/mol. The van der Waals surface area contributed by atoms with Crippen molar-refractivity contribution in [2.45, 2.75) is 38.9 Å². The quantitative estimate of drug-likeness (QED) is 0.900. The lowest BCUT2D eigenvalue weighted by atomic mass is 10.0. The maximum absolute atomic E-state index is 12.9. The van der Waals surface area contributed by atoms with Crippen LogP contribution in [0.25, 0.3) is 0 Å². The normalized spacial score (nSPS) is 17.7. The van der Waals surface area contributed by atoms with E-state index in [0.717, 1.165) is 36.8 Å². The zero-order valence-electron chi connectivity index (χ0n) is 13.7. The molecular formula is C15H23F3N4O. The fourth-order valence-electron chi connectivity index (χ4n) is 3.02. The molecule has 5 nitrogen and oxygen atoms in total. The van der Waals surface area contributed by atoms with Gasteiger partial charge in [0.15, 0.2) is 5.69 Å². The smallest absolute Gasteiger partial charge is 0.350 e. The van der Waals surface area contributed by atoms with Crippen molar-refractivity contribution >= 4 is 5.91 Å². The van der Waals surface area contributed by atoms with Gasteiger partial charge in [0.2, 0.25) is 0 Å². The Hall–Kier alpha value is -1.57. The molecule has 8 heteroatoms. The number of aryl methyl sites for hydroxylation is 1. The SMILES string of the molecule is CC(C)[C@H](CNC(=O)c1cn(C)nc1C(F)(F)F)N1CCCC1. The molecule has 0 unspecified atom stereocenters. The van der Waals surface area contributed by atoms with E-state index in [4.69, 9.17) is 0 Å². The van der Waals surface area contributed by atoms with Gasteiger partial charge in [-0.15, -0.1) is 0 Å². The van der Waals surface area contributed by atoms with Gasteiger partial charge in [-0.25, -0.2) is 0 Å². The summed E-state index contributed by atoms with van der Waals surface area (Å²) in [5.74, 6) is -0.417. The van der Waals surface area contributed by atoms with Gasteiger partial charge in [-0.3, -0.25) is 14.4 Å². The Kier molecular flexibility index (Phi) is 5.33. The lowest BCUT2D eigenvalue weighted by Crippen LogP contribution is -2.45. The van der Waals surface area contributed by atoms with Crippen molar-refractivity contribution in [2.75, 3.05) is 19.6 Å². The van der Waals surface area contributed by atoms with Gasteiger partial charge in [0.05, 0.1) is 5.56 Å². The van der Waals surface area contributed by atoms with Crippen molar-refractivity contribution in [3.05, 3.63) is 17.5 Å². The summed E-state index contributed by atoms with van der Waals surface area (Å²) in [4.78, 5) is 14.5. The molecule has 1 fully saturated rings. The number of nitrogens with one attached hydrogen (secondary N) is 1. The van der Waals surface area contributed by atoms with Crippen molar-refractivity contribution in [1.82, 2.24) is 20.0 Å². The van der Waals surface area contributed by atoms with Crippen molar-refractivity contribution in [1.29, 1.82) is 0 Å². The van der Waals surface area contributed by atoms with Gasteiger partial charge < -0.3 is 5.32 Å². The predicted octanol–water partition coefficient (Wildman–Crippen LogP) is 2.29. The van der Waals surface area contributed by atoms with Crippen LogP contribution >= 0.6 is 0 Å². The molecule has 1 amide bonds. The van der Waals surface area contributed by atoms with E-state index in [9.17, 15) is 18.0 Å². The molecule has 1 N–H and O–H groups in total. The van der Waals surface area contributed by atoms with Crippen molar-refractivity contribution in [3.63, 3.8) is 0 Å². The number of amides is 1. The highest BCUT2D eigenvalue weighted by molar-refractivity contribution is 5.95. The molecule has 1 aromatic rings. The summed E-state index contributed by atoms with van der Waals surface area (Å²) < 4.78 is 39.8. The number of likely N-dealkylation sites (tertiary alicyclic amines) is 1. The molecule has 0 saturated carbocycles. The van der Waals surface area contributed by atoms with Gasteiger partial charge >= 0.3 is 6.18 Å². The minimum atomic E-state index is -4.64. The summed E-state index contributed by atoms with van der Waals surface area (Å²) in [6.07, 6.45) is -1.28. The Balaban J connectivity index is 2.07. The topological polar surface area (TPSA) is 50.2 Å². The van der Waals surface area contributed by atoms with Gasteiger partial charge in [-0.05, 0) is 31.8 Å². The highest BCUT2D eigenvalue weighted by Gasteiger charge is 2.39. The maximum atomic E-state index is 12.9. The number of carbonyl (C=O) groups excluding carboxylic acids is 1. The number of hydrogen-bond acceptors (Lipinski definition) is 3. The number of halogens is 3. The van der Waals surface area contributed by atoms with E-state index in [0.29, 0.717) is 12.5 Å². The average Bonchev–Trinajstić information content (AvgIpc) is 3.07. The number of carbonyl (C=O) groups is 1. The Labute approximate surface area is 133 Å². The summed E-state index contributed by atoms with van der Waals surface area (Å²) in [5, 5.41) is 6.01. The van der Waals surface area contributed by atoms with Crippen LogP contribution < -0.4 is 5.32 Å². The Morgan fingerprint density at radius 2 is 1.96 bits per heavy atom. The zero-order chi connectivity index (χ0) is 17.2. The summed E-state index contributed by atoms with van der Waals surface area (Å²) in [7, 11) is 1.37. The number of hydrogen-bond donors (Lipinski definition) is 1. The van der Waals surface area contributed by atoms with Crippen LogP contribution in [0.4, 0.5) is 13.2 Å². The van der Waals surface area contributed by atoms with Gasteiger partial charge in [0.25, 0.3) is 5.91 Å². The van der Waals surface area contributed by atoms with E-state index < -0.39 is 23.3 Å². The molecule has 1 aliphatic rings. The third kappa shape index (κ3) is 4.25. The van der Waals surface area contributed by atoms with E-state index in [1.807, 2.05) is 0 Å². The van der Waals surface area contributed by atoms with Crippen LogP contribution in [0, 0.1) is 5.92 Å². The maximum Gasteiger partial charge on any atom is 0.435 e. The molecule has 1 saturated heterocycles. The number of nitrogens with zero attached hydrogens (tertiary/aromatic N) is 3. The predicted molar refractivity (Wildman–Crippen MR) is 80.0 cm³/mol. The zero-order valence-corrected chi connectivity index (χ0v) is 13.7. The molecule has 2 heterocycles. The number of aromatic nitrogens is 2. The summed E-state index contributed by atoms with van der Waals surface area (Å²) in [5.41, 5.74) is -1.57. The van der Waals surface area contributed by atoms with Crippen molar-refractivity contribution < 1.29 is 18.0 Å². The standard InChI is InChI=1S/C15H23F3N4O/c1-10(2)12(22-6-4-5-7-22)8-19-14(23)11-9-21(3)20-13(11)15(16,17)18/h9-10,12H,4-8H2,1-3H3,(H,19,23)/t12-/m0/s1. The molecular weight excluding hydrogens is 309 g/mol.